The zero-order valence-electron chi connectivity index (χ0n) is 8.87. The van der Waals surface area contributed by atoms with Crippen molar-refractivity contribution in [1.82, 2.24) is 4.98 Å². The maximum Gasteiger partial charge on any atom is 0.311 e. The molecule has 6 nitrogen and oxygen atoms in total. The van der Waals surface area contributed by atoms with E-state index in [9.17, 15) is 10.1 Å². The lowest BCUT2D eigenvalue weighted by Gasteiger charge is -2.01. The number of aromatic nitrogens is 1. The van der Waals surface area contributed by atoms with Crippen LogP contribution in [0.4, 0.5) is 5.69 Å². The molecule has 0 aliphatic carbocycles. The average molecular weight is 287 g/mol. The smallest absolute Gasteiger partial charge is 0.311 e. The van der Waals surface area contributed by atoms with Gasteiger partial charge in [0.25, 0.3) is 5.19 Å². The van der Waals surface area contributed by atoms with Gasteiger partial charge in [0.15, 0.2) is 0 Å². The summed E-state index contributed by atoms with van der Waals surface area (Å²) >= 11 is 6.78. The first-order chi connectivity index (χ1) is 8.61. The van der Waals surface area contributed by atoms with Crippen LogP contribution < -0.4 is 4.74 Å². The molecule has 0 radical (unpaired) electrons. The fraction of sp³-hybridized carbons (Fsp3) is 0.100. The number of aliphatic hydroxyl groups excluding tert-OH is 1. The van der Waals surface area contributed by atoms with E-state index in [1.165, 1.54) is 12.1 Å². The summed E-state index contributed by atoms with van der Waals surface area (Å²) in [5.41, 5.74) is -0.158. The zero-order valence-corrected chi connectivity index (χ0v) is 10.4. The van der Waals surface area contributed by atoms with Gasteiger partial charge in [0.05, 0.1) is 16.4 Å². The van der Waals surface area contributed by atoms with Crippen molar-refractivity contribution in [3.05, 3.63) is 44.4 Å². The first-order valence-corrected chi connectivity index (χ1v) is 5.98. The van der Waals surface area contributed by atoms with Crippen LogP contribution in [-0.4, -0.2) is 15.0 Å². The third kappa shape index (κ3) is 2.58. The summed E-state index contributed by atoms with van der Waals surface area (Å²) in [7, 11) is 0. The van der Waals surface area contributed by atoms with Crippen molar-refractivity contribution in [3.63, 3.8) is 0 Å². The van der Waals surface area contributed by atoms with E-state index < -0.39 is 4.92 Å². The minimum atomic E-state index is -0.544. The fourth-order valence-corrected chi connectivity index (χ4v) is 2.22. The molecule has 2 rings (SSSR count). The van der Waals surface area contributed by atoms with E-state index in [2.05, 4.69) is 4.98 Å². The van der Waals surface area contributed by atoms with Crippen molar-refractivity contribution in [2.24, 2.45) is 0 Å². The predicted molar refractivity (Wildman–Crippen MR) is 66.2 cm³/mol. The second-order valence-corrected chi connectivity index (χ2v) is 4.58. The lowest BCUT2D eigenvalue weighted by atomic mass is 10.3. The van der Waals surface area contributed by atoms with Gasteiger partial charge in [-0.15, -0.1) is 0 Å². The van der Waals surface area contributed by atoms with E-state index >= 15 is 0 Å². The third-order valence-corrected chi connectivity index (χ3v) is 3.38. The Bertz CT molecular complexity index is 587. The Morgan fingerprint density at radius 2 is 2.22 bits per heavy atom. The first kappa shape index (κ1) is 12.7. The molecule has 1 aromatic carbocycles. The summed E-state index contributed by atoms with van der Waals surface area (Å²) in [6.45, 7) is -0.253. The fourth-order valence-electron chi connectivity index (χ4n) is 1.24. The Balaban J connectivity index is 2.31. The molecule has 0 fully saturated rings. The summed E-state index contributed by atoms with van der Waals surface area (Å²) in [6, 6.07) is 5.95. The summed E-state index contributed by atoms with van der Waals surface area (Å²) in [5.74, 6) is 0.0809. The second-order valence-electron chi connectivity index (χ2n) is 3.18. The van der Waals surface area contributed by atoms with Crippen LogP contribution in [0.25, 0.3) is 0 Å². The lowest BCUT2D eigenvalue weighted by molar-refractivity contribution is -0.385. The minimum Gasteiger partial charge on any atom is -0.423 e. The molecule has 0 spiro atoms. The normalized spacial score (nSPS) is 10.3. The molecule has 0 unspecified atom stereocenters. The third-order valence-electron chi connectivity index (χ3n) is 2.03. The van der Waals surface area contributed by atoms with Gasteiger partial charge in [-0.25, -0.2) is 0 Å². The van der Waals surface area contributed by atoms with Gasteiger partial charge in [-0.3, -0.25) is 10.1 Å². The number of rotatable bonds is 4. The van der Waals surface area contributed by atoms with Crippen LogP contribution in [0.2, 0.25) is 5.15 Å². The van der Waals surface area contributed by atoms with Crippen molar-refractivity contribution < 1.29 is 14.8 Å². The molecular weight excluding hydrogens is 280 g/mol. The number of benzene rings is 1. The van der Waals surface area contributed by atoms with Crippen LogP contribution in [0, 0.1) is 10.1 Å². The number of ether oxygens (including phenoxy) is 1. The van der Waals surface area contributed by atoms with Gasteiger partial charge >= 0.3 is 5.69 Å². The van der Waals surface area contributed by atoms with Crippen molar-refractivity contribution in [3.8, 4) is 10.9 Å². The topological polar surface area (TPSA) is 85.5 Å². The number of hydrogen-bond donors (Lipinski definition) is 1. The van der Waals surface area contributed by atoms with Gasteiger partial charge < -0.3 is 9.84 Å². The number of thiazole rings is 1. The molecule has 0 saturated heterocycles. The molecule has 0 atom stereocenters. The van der Waals surface area contributed by atoms with Crippen molar-refractivity contribution >= 4 is 28.6 Å². The maximum atomic E-state index is 10.8. The molecule has 18 heavy (non-hydrogen) atoms. The van der Waals surface area contributed by atoms with E-state index in [1.807, 2.05) is 0 Å². The van der Waals surface area contributed by atoms with Gasteiger partial charge in [0.1, 0.15) is 5.15 Å². The number of hydrogen-bond acceptors (Lipinski definition) is 6. The number of nitro benzene ring substituents is 1. The number of para-hydroxylation sites is 2. The SMILES string of the molecule is O=[N+]([O-])c1ccccc1Oc1nc(Cl)c(CO)s1. The van der Waals surface area contributed by atoms with Gasteiger partial charge in [-0.2, -0.15) is 4.98 Å². The van der Waals surface area contributed by atoms with E-state index in [4.69, 9.17) is 21.4 Å². The standard InChI is InChI=1S/C10H7ClN2O4S/c11-9-8(5-14)18-10(12-9)17-7-4-2-1-3-6(7)13(15)16/h1-4,14H,5H2. The molecular formula is C10H7ClN2O4S. The van der Waals surface area contributed by atoms with E-state index in [0.29, 0.717) is 4.88 Å². The van der Waals surface area contributed by atoms with Gasteiger partial charge in [-0.05, 0) is 6.07 Å². The molecule has 2 aromatic rings. The lowest BCUT2D eigenvalue weighted by Crippen LogP contribution is -1.92. The van der Waals surface area contributed by atoms with Crippen LogP contribution in [0.5, 0.6) is 10.9 Å². The Kier molecular flexibility index (Phi) is 3.75. The van der Waals surface area contributed by atoms with Crippen LogP contribution >= 0.6 is 22.9 Å². The van der Waals surface area contributed by atoms with Gasteiger partial charge in [0.2, 0.25) is 5.75 Å². The van der Waals surface area contributed by atoms with Crippen LogP contribution in [0.15, 0.2) is 24.3 Å². The first-order valence-electron chi connectivity index (χ1n) is 4.79. The number of nitrogens with zero attached hydrogens (tertiary/aromatic N) is 2. The summed E-state index contributed by atoms with van der Waals surface area (Å²) < 4.78 is 5.30. The van der Waals surface area contributed by atoms with Crippen molar-refractivity contribution in [2.75, 3.05) is 0 Å². The number of aliphatic hydroxyl groups is 1. The highest BCUT2D eigenvalue weighted by molar-refractivity contribution is 7.13. The zero-order chi connectivity index (χ0) is 13.1. The monoisotopic (exact) mass is 286 g/mol. The van der Waals surface area contributed by atoms with E-state index in [1.54, 1.807) is 12.1 Å². The molecule has 1 N–H and O–H groups in total. The molecule has 0 aliphatic heterocycles. The van der Waals surface area contributed by atoms with Gasteiger partial charge in [-0.1, -0.05) is 35.1 Å². The number of nitro groups is 1. The summed E-state index contributed by atoms with van der Waals surface area (Å²) in [4.78, 5) is 14.5. The maximum absolute atomic E-state index is 10.8. The van der Waals surface area contributed by atoms with Crippen LogP contribution in [0.1, 0.15) is 4.88 Å². The second kappa shape index (κ2) is 5.30. The predicted octanol–water partition coefficient (Wildman–Crippen LogP) is 2.99. The molecule has 0 bridgehead atoms. The Labute approximate surface area is 111 Å². The molecule has 0 aliphatic rings. The highest BCUT2D eigenvalue weighted by Gasteiger charge is 2.17. The molecule has 0 amide bonds. The van der Waals surface area contributed by atoms with Gasteiger partial charge in [0, 0.05) is 6.07 Å². The molecule has 1 aromatic heterocycles. The molecule has 1 heterocycles. The summed E-state index contributed by atoms with van der Waals surface area (Å²) in [5, 5.41) is 20.0. The largest absolute Gasteiger partial charge is 0.423 e. The van der Waals surface area contributed by atoms with Crippen molar-refractivity contribution in [2.45, 2.75) is 6.61 Å². The van der Waals surface area contributed by atoms with Crippen LogP contribution in [0.3, 0.4) is 0 Å². The average Bonchev–Trinajstić information content (AvgIpc) is 2.70. The Hall–Kier alpha value is -1.70. The van der Waals surface area contributed by atoms with Crippen LogP contribution in [-0.2, 0) is 6.61 Å². The minimum absolute atomic E-state index is 0.0809. The summed E-state index contributed by atoms with van der Waals surface area (Å²) in [6.07, 6.45) is 0. The molecule has 0 saturated carbocycles. The Morgan fingerprint density at radius 1 is 1.50 bits per heavy atom. The highest BCUT2D eigenvalue weighted by atomic mass is 35.5. The number of halogens is 1. The Morgan fingerprint density at radius 3 is 2.83 bits per heavy atom. The molecule has 94 valence electrons. The molecule has 8 heteroatoms. The quantitative estimate of drug-likeness (QED) is 0.690. The van der Waals surface area contributed by atoms with E-state index in [-0.39, 0.29) is 28.4 Å². The van der Waals surface area contributed by atoms with Crippen molar-refractivity contribution in [1.29, 1.82) is 0 Å². The van der Waals surface area contributed by atoms with E-state index in [0.717, 1.165) is 11.3 Å². The highest BCUT2D eigenvalue weighted by Crippen LogP contribution is 2.35.